The summed E-state index contributed by atoms with van der Waals surface area (Å²) in [6, 6.07) is 13.9. The number of benzene rings is 1. The van der Waals surface area contributed by atoms with Crippen LogP contribution in [-0.4, -0.2) is 20.7 Å². The van der Waals surface area contributed by atoms with Crippen molar-refractivity contribution in [3.05, 3.63) is 77.4 Å². The minimum absolute atomic E-state index is 0.00613. The number of rotatable bonds is 6. The van der Waals surface area contributed by atoms with E-state index in [1.807, 2.05) is 50.4 Å². The predicted octanol–water partition coefficient (Wildman–Crippen LogP) is 4.12. The Labute approximate surface area is 160 Å². The lowest BCUT2D eigenvalue weighted by atomic mass is 10.0. The maximum atomic E-state index is 12.4. The van der Waals surface area contributed by atoms with Crippen LogP contribution in [0, 0.1) is 6.92 Å². The van der Waals surface area contributed by atoms with Gasteiger partial charge in [0.2, 0.25) is 5.91 Å². The van der Waals surface area contributed by atoms with E-state index in [9.17, 15) is 4.79 Å². The zero-order valence-electron chi connectivity index (χ0n) is 16.3. The number of carbonyl (C=O) groups excluding carboxylic acids is 1. The molecule has 2 heterocycles. The van der Waals surface area contributed by atoms with Crippen molar-refractivity contribution in [2.24, 2.45) is 0 Å². The lowest BCUT2D eigenvalue weighted by Crippen LogP contribution is -2.28. The van der Waals surface area contributed by atoms with Gasteiger partial charge in [0.05, 0.1) is 35.7 Å². The van der Waals surface area contributed by atoms with E-state index in [4.69, 9.17) is 0 Å². The molecule has 140 valence electrons. The zero-order valence-corrected chi connectivity index (χ0v) is 16.3. The number of amides is 1. The minimum atomic E-state index is -0.152. The summed E-state index contributed by atoms with van der Waals surface area (Å²) < 4.78 is 1.79. The van der Waals surface area contributed by atoms with Crippen molar-refractivity contribution >= 4 is 5.91 Å². The van der Waals surface area contributed by atoms with Gasteiger partial charge in [-0.15, -0.1) is 0 Å². The largest absolute Gasteiger partial charge is 0.348 e. The molecule has 0 fully saturated rings. The van der Waals surface area contributed by atoms with Crippen LogP contribution in [0.1, 0.15) is 55.2 Å². The lowest BCUT2D eigenvalue weighted by Gasteiger charge is -2.14. The van der Waals surface area contributed by atoms with Crippen LogP contribution in [0.4, 0.5) is 0 Å². The first-order valence-electron chi connectivity index (χ1n) is 9.29. The maximum absolute atomic E-state index is 12.4. The van der Waals surface area contributed by atoms with Crippen LogP contribution < -0.4 is 5.32 Å². The van der Waals surface area contributed by atoms with E-state index in [0.717, 1.165) is 22.6 Å². The van der Waals surface area contributed by atoms with E-state index in [2.05, 4.69) is 41.4 Å². The van der Waals surface area contributed by atoms with Crippen LogP contribution in [0.15, 0.2) is 54.9 Å². The molecule has 0 saturated heterocycles. The maximum Gasteiger partial charge on any atom is 0.224 e. The van der Waals surface area contributed by atoms with Gasteiger partial charge in [-0.25, -0.2) is 4.68 Å². The van der Waals surface area contributed by atoms with Crippen LogP contribution in [0.3, 0.4) is 0 Å². The number of pyridine rings is 1. The average Bonchev–Trinajstić information content (AvgIpc) is 3.08. The molecule has 1 N–H and O–H groups in total. The number of hydrogen-bond acceptors (Lipinski definition) is 3. The molecule has 0 radical (unpaired) electrons. The van der Waals surface area contributed by atoms with Crippen molar-refractivity contribution in [2.45, 2.75) is 46.1 Å². The molecule has 0 bridgehead atoms. The average molecular weight is 362 g/mol. The normalized spacial score (nSPS) is 12.2. The fraction of sp³-hybridized carbons (Fsp3) is 0.318. The van der Waals surface area contributed by atoms with Gasteiger partial charge in [0.1, 0.15) is 0 Å². The molecular formula is C22H26N4O. The highest BCUT2D eigenvalue weighted by atomic mass is 16.1. The third-order valence-electron chi connectivity index (χ3n) is 4.59. The molecule has 5 nitrogen and oxygen atoms in total. The molecule has 1 amide bonds. The SMILES string of the molecule is Cc1ccn(-c2ccc(C(C)NC(=O)Cc3ccc(C(C)C)cc3)nc2)n1. The molecule has 0 spiro atoms. The fourth-order valence-corrected chi connectivity index (χ4v) is 2.92. The van der Waals surface area contributed by atoms with Crippen LogP contribution in [0.2, 0.25) is 0 Å². The molecule has 1 aromatic carbocycles. The van der Waals surface area contributed by atoms with Gasteiger partial charge in [-0.2, -0.15) is 5.10 Å². The third-order valence-corrected chi connectivity index (χ3v) is 4.59. The zero-order chi connectivity index (χ0) is 19.4. The molecule has 0 aliphatic heterocycles. The van der Waals surface area contributed by atoms with Crippen molar-refractivity contribution in [3.63, 3.8) is 0 Å². The van der Waals surface area contributed by atoms with Gasteiger partial charge in [0, 0.05) is 6.20 Å². The summed E-state index contributed by atoms with van der Waals surface area (Å²) >= 11 is 0. The Bertz CT molecular complexity index is 895. The molecule has 3 aromatic rings. The standard InChI is InChI=1S/C22H26N4O/c1-15(2)19-7-5-18(6-8-19)13-22(27)24-17(4)21-10-9-20(14-23-21)26-12-11-16(3)25-26/h5-12,14-15,17H,13H2,1-4H3,(H,24,27). The molecule has 27 heavy (non-hydrogen) atoms. The number of nitrogens with one attached hydrogen (secondary N) is 1. The van der Waals surface area contributed by atoms with Gasteiger partial charge in [-0.3, -0.25) is 9.78 Å². The number of aromatic nitrogens is 3. The minimum Gasteiger partial charge on any atom is -0.348 e. The quantitative estimate of drug-likeness (QED) is 0.717. The molecule has 0 saturated carbocycles. The van der Waals surface area contributed by atoms with E-state index >= 15 is 0 Å². The summed E-state index contributed by atoms with van der Waals surface area (Å²) in [5, 5.41) is 7.40. The van der Waals surface area contributed by atoms with E-state index in [1.54, 1.807) is 10.9 Å². The Morgan fingerprint density at radius 2 is 1.81 bits per heavy atom. The van der Waals surface area contributed by atoms with E-state index < -0.39 is 0 Å². The Balaban J connectivity index is 1.59. The predicted molar refractivity (Wildman–Crippen MR) is 107 cm³/mol. The fourth-order valence-electron chi connectivity index (χ4n) is 2.92. The van der Waals surface area contributed by atoms with Gasteiger partial charge >= 0.3 is 0 Å². The Kier molecular flexibility index (Phi) is 5.69. The van der Waals surface area contributed by atoms with Gasteiger partial charge in [-0.1, -0.05) is 38.1 Å². The monoisotopic (exact) mass is 362 g/mol. The van der Waals surface area contributed by atoms with E-state index in [-0.39, 0.29) is 11.9 Å². The Morgan fingerprint density at radius 1 is 1.07 bits per heavy atom. The van der Waals surface area contributed by atoms with Crippen LogP contribution >= 0.6 is 0 Å². The van der Waals surface area contributed by atoms with Crippen LogP contribution in [-0.2, 0) is 11.2 Å². The summed E-state index contributed by atoms with van der Waals surface area (Å²) in [7, 11) is 0. The van der Waals surface area contributed by atoms with Gasteiger partial charge in [0.25, 0.3) is 0 Å². The second kappa shape index (κ2) is 8.16. The summed E-state index contributed by atoms with van der Waals surface area (Å²) in [5.41, 5.74) is 4.98. The van der Waals surface area contributed by atoms with Gasteiger partial charge < -0.3 is 5.32 Å². The highest BCUT2D eigenvalue weighted by Gasteiger charge is 2.12. The molecule has 5 heteroatoms. The molecule has 0 aliphatic rings. The van der Waals surface area contributed by atoms with E-state index in [1.165, 1.54) is 5.56 Å². The first-order valence-corrected chi connectivity index (χ1v) is 9.29. The Hall–Kier alpha value is -2.95. The van der Waals surface area contributed by atoms with E-state index in [0.29, 0.717) is 12.3 Å². The third kappa shape index (κ3) is 4.82. The summed E-state index contributed by atoms with van der Waals surface area (Å²) in [5.74, 6) is 0.487. The van der Waals surface area contributed by atoms with Crippen LogP contribution in [0.25, 0.3) is 5.69 Å². The highest BCUT2D eigenvalue weighted by Crippen LogP contribution is 2.16. The summed E-state index contributed by atoms with van der Waals surface area (Å²) in [6.45, 7) is 8.22. The number of aryl methyl sites for hydroxylation is 1. The van der Waals surface area contributed by atoms with Gasteiger partial charge in [0.15, 0.2) is 0 Å². The first-order chi connectivity index (χ1) is 12.9. The molecule has 3 rings (SSSR count). The van der Waals surface area contributed by atoms with Crippen molar-refractivity contribution < 1.29 is 4.79 Å². The highest BCUT2D eigenvalue weighted by molar-refractivity contribution is 5.78. The molecule has 2 aromatic heterocycles. The van der Waals surface area contributed by atoms with Gasteiger partial charge in [-0.05, 0) is 49.1 Å². The Morgan fingerprint density at radius 3 is 2.37 bits per heavy atom. The second-order valence-corrected chi connectivity index (χ2v) is 7.21. The smallest absolute Gasteiger partial charge is 0.224 e. The molecule has 1 unspecified atom stereocenters. The van der Waals surface area contributed by atoms with Crippen molar-refractivity contribution in [1.29, 1.82) is 0 Å². The summed E-state index contributed by atoms with van der Waals surface area (Å²) in [6.07, 6.45) is 4.05. The van der Waals surface area contributed by atoms with Crippen molar-refractivity contribution in [1.82, 2.24) is 20.1 Å². The van der Waals surface area contributed by atoms with Crippen molar-refractivity contribution in [3.8, 4) is 5.69 Å². The molecule has 0 aliphatic carbocycles. The van der Waals surface area contributed by atoms with Crippen LogP contribution in [0.5, 0.6) is 0 Å². The molecule has 1 atom stereocenters. The second-order valence-electron chi connectivity index (χ2n) is 7.21. The topological polar surface area (TPSA) is 59.8 Å². The summed E-state index contributed by atoms with van der Waals surface area (Å²) in [4.78, 5) is 16.8. The number of hydrogen-bond donors (Lipinski definition) is 1. The lowest BCUT2D eigenvalue weighted by molar-refractivity contribution is -0.121. The molecular weight excluding hydrogens is 336 g/mol. The number of nitrogens with zero attached hydrogens (tertiary/aromatic N) is 3. The number of carbonyl (C=O) groups is 1. The first kappa shape index (κ1) is 18.8. The van der Waals surface area contributed by atoms with Crippen molar-refractivity contribution in [2.75, 3.05) is 0 Å².